The zero-order valence-corrected chi connectivity index (χ0v) is 15.3. The number of ether oxygens (including phenoxy) is 2. The third-order valence-electron chi connectivity index (χ3n) is 4.47. The van der Waals surface area contributed by atoms with Gasteiger partial charge in [-0.3, -0.25) is 14.5 Å². The number of hydrogen-bond acceptors (Lipinski definition) is 4. The molecule has 0 bridgehead atoms. The van der Waals surface area contributed by atoms with Gasteiger partial charge in [0.15, 0.2) is 0 Å². The molecule has 2 amide bonds. The molecule has 0 atom stereocenters. The first-order valence-electron chi connectivity index (χ1n) is 8.60. The third kappa shape index (κ3) is 4.19. The van der Waals surface area contributed by atoms with Crippen LogP contribution >= 0.6 is 0 Å². The minimum atomic E-state index is -0.397. The molecule has 1 aliphatic heterocycles. The van der Waals surface area contributed by atoms with E-state index in [4.69, 9.17) is 9.47 Å². The van der Waals surface area contributed by atoms with Gasteiger partial charge in [0.2, 0.25) is 5.91 Å². The number of hydrogen-bond donors (Lipinski definition) is 0. The molecule has 1 heterocycles. The van der Waals surface area contributed by atoms with E-state index in [1.807, 2.05) is 0 Å². The lowest BCUT2D eigenvalue weighted by Crippen LogP contribution is -2.42. The second kappa shape index (κ2) is 8.07. The molecule has 0 unspecified atom stereocenters. The summed E-state index contributed by atoms with van der Waals surface area (Å²) in [5.41, 5.74) is 0.852. The minimum Gasteiger partial charge on any atom is -0.497 e. The van der Waals surface area contributed by atoms with Gasteiger partial charge in [0.1, 0.15) is 24.0 Å². The highest BCUT2D eigenvalue weighted by Crippen LogP contribution is 2.26. The predicted molar refractivity (Wildman–Crippen MR) is 98.6 cm³/mol. The molecule has 1 saturated heterocycles. The number of amides is 2. The summed E-state index contributed by atoms with van der Waals surface area (Å²) in [4.78, 5) is 28.4. The third-order valence-corrected chi connectivity index (χ3v) is 4.47. The second-order valence-electron chi connectivity index (χ2n) is 6.21. The van der Waals surface area contributed by atoms with Crippen LogP contribution in [0, 0.1) is 5.82 Å². The summed E-state index contributed by atoms with van der Waals surface area (Å²) in [6.07, 6.45) is 1.23. The van der Waals surface area contributed by atoms with Crippen LogP contribution in [-0.4, -0.2) is 44.1 Å². The number of anilines is 1. The molecule has 2 aromatic rings. The molecule has 0 radical (unpaired) electrons. The smallest absolute Gasteiger partial charge is 0.260 e. The summed E-state index contributed by atoms with van der Waals surface area (Å²) in [7, 11) is 3.01. The first kappa shape index (κ1) is 18.7. The Morgan fingerprint density at radius 2 is 1.74 bits per heavy atom. The highest BCUT2D eigenvalue weighted by atomic mass is 19.1. The van der Waals surface area contributed by atoms with Crippen molar-refractivity contribution in [2.45, 2.75) is 12.8 Å². The van der Waals surface area contributed by atoms with Crippen LogP contribution < -0.4 is 14.4 Å². The molecule has 0 N–H and O–H groups in total. The SMILES string of the molecule is COc1cc(OC)cc(C(=O)N(CN2CCCC2=O)c2ccc(F)cc2)c1. The molecule has 0 spiro atoms. The lowest BCUT2D eigenvalue weighted by atomic mass is 10.1. The number of carbonyl (C=O) groups excluding carboxylic acids is 2. The predicted octanol–water partition coefficient (Wildman–Crippen LogP) is 3.07. The Morgan fingerprint density at radius 1 is 1.11 bits per heavy atom. The zero-order chi connectivity index (χ0) is 19.4. The monoisotopic (exact) mass is 372 g/mol. The minimum absolute atomic E-state index is 0.00173. The molecule has 27 heavy (non-hydrogen) atoms. The number of methoxy groups -OCH3 is 2. The maximum Gasteiger partial charge on any atom is 0.260 e. The van der Waals surface area contributed by atoms with E-state index >= 15 is 0 Å². The summed E-state index contributed by atoms with van der Waals surface area (Å²) in [6.45, 7) is 0.689. The van der Waals surface area contributed by atoms with Crippen molar-refractivity contribution in [3.8, 4) is 11.5 Å². The molecule has 0 aromatic heterocycles. The zero-order valence-electron chi connectivity index (χ0n) is 15.3. The molecule has 1 fully saturated rings. The van der Waals surface area contributed by atoms with Gasteiger partial charge in [-0.25, -0.2) is 4.39 Å². The van der Waals surface area contributed by atoms with Gasteiger partial charge in [0.25, 0.3) is 5.91 Å². The number of likely N-dealkylation sites (tertiary alicyclic amines) is 1. The van der Waals surface area contributed by atoms with Crippen LogP contribution in [0.4, 0.5) is 10.1 Å². The van der Waals surface area contributed by atoms with Gasteiger partial charge >= 0.3 is 0 Å². The molecular formula is C20H21FN2O4. The maximum atomic E-state index is 13.3. The van der Waals surface area contributed by atoms with Crippen molar-refractivity contribution >= 4 is 17.5 Å². The molecule has 1 aliphatic rings. The van der Waals surface area contributed by atoms with Crippen LogP contribution in [0.15, 0.2) is 42.5 Å². The highest BCUT2D eigenvalue weighted by molar-refractivity contribution is 6.06. The topological polar surface area (TPSA) is 59.1 Å². The van der Waals surface area contributed by atoms with E-state index < -0.39 is 5.82 Å². The fraction of sp³-hybridized carbons (Fsp3) is 0.300. The van der Waals surface area contributed by atoms with E-state index in [1.54, 1.807) is 23.1 Å². The number of halogens is 1. The summed E-state index contributed by atoms with van der Waals surface area (Å²) in [5, 5.41) is 0. The van der Waals surface area contributed by atoms with E-state index in [1.165, 1.54) is 43.4 Å². The number of benzene rings is 2. The first-order valence-corrected chi connectivity index (χ1v) is 8.60. The Bertz CT molecular complexity index is 816. The second-order valence-corrected chi connectivity index (χ2v) is 6.21. The van der Waals surface area contributed by atoms with E-state index in [9.17, 15) is 14.0 Å². The quantitative estimate of drug-likeness (QED) is 0.782. The van der Waals surface area contributed by atoms with E-state index in [0.29, 0.717) is 35.7 Å². The van der Waals surface area contributed by atoms with Crippen molar-refractivity contribution in [2.75, 3.05) is 32.3 Å². The highest BCUT2D eigenvalue weighted by Gasteiger charge is 2.27. The normalized spacial score (nSPS) is 13.6. The van der Waals surface area contributed by atoms with Gasteiger partial charge in [-0.2, -0.15) is 0 Å². The molecule has 7 heteroatoms. The Labute approximate surface area is 157 Å². The van der Waals surface area contributed by atoms with E-state index in [0.717, 1.165) is 6.42 Å². The standard InChI is InChI=1S/C20H21FN2O4/c1-26-17-10-14(11-18(12-17)27-2)20(25)23(13-22-9-3-4-19(22)24)16-7-5-15(21)6-8-16/h5-8,10-12H,3-4,9,13H2,1-2H3. The Kier molecular flexibility index (Phi) is 5.59. The van der Waals surface area contributed by atoms with Crippen molar-refractivity contribution in [2.24, 2.45) is 0 Å². The van der Waals surface area contributed by atoms with Crippen molar-refractivity contribution in [1.29, 1.82) is 0 Å². The van der Waals surface area contributed by atoms with Gasteiger partial charge in [-0.15, -0.1) is 0 Å². The van der Waals surface area contributed by atoms with Crippen LogP contribution in [0.25, 0.3) is 0 Å². The van der Waals surface area contributed by atoms with Gasteiger partial charge in [-0.1, -0.05) is 0 Å². The molecule has 0 aliphatic carbocycles. The van der Waals surface area contributed by atoms with E-state index in [2.05, 4.69) is 0 Å². The van der Waals surface area contributed by atoms with Crippen LogP contribution in [0.5, 0.6) is 11.5 Å². The van der Waals surface area contributed by atoms with Crippen molar-refractivity contribution < 1.29 is 23.5 Å². The average molecular weight is 372 g/mol. The van der Waals surface area contributed by atoms with Crippen molar-refractivity contribution in [3.05, 3.63) is 53.8 Å². The molecule has 6 nitrogen and oxygen atoms in total. The van der Waals surface area contributed by atoms with Gasteiger partial charge in [0, 0.05) is 30.3 Å². The van der Waals surface area contributed by atoms with Gasteiger partial charge in [-0.05, 0) is 42.8 Å². The number of nitrogens with zero attached hydrogens (tertiary/aromatic N) is 2. The summed E-state index contributed by atoms with van der Waals surface area (Å²) >= 11 is 0. The Hall–Kier alpha value is -3.09. The molecule has 142 valence electrons. The van der Waals surface area contributed by atoms with Gasteiger partial charge in [0.05, 0.1) is 14.2 Å². The largest absolute Gasteiger partial charge is 0.497 e. The van der Waals surface area contributed by atoms with Crippen molar-refractivity contribution in [1.82, 2.24) is 4.90 Å². The van der Waals surface area contributed by atoms with E-state index in [-0.39, 0.29) is 18.5 Å². The Balaban J connectivity index is 1.97. The average Bonchev–Trinajstić information content (AvgIpc) is 3.10. The van der Waals surface area contributed by atoms with Crippen molar-refractivity contribution in [3.63, 3.8) is 0 Å². The van der Waals surface area contributed by atoms with Crippen LogP contribution in [0.3, 0.4) is 0 Å². The molecule has 3 rings (SSSR count). The lowest BCUT2D eigenvalue weighted by Gasteiger charge is -2.28. The maximum absolute atomic E-state index is 13.3. The fourth-order valence-electron chi connectivity index (χ4n) is 3.00. The van der Waals surface area contributed by atoms with Crippen LogP contribution in [0.2, 0.25) is 0 Å². The molecule has 2 aromatic carbocycles. The summed E-state index contributed by atoms with van der Waals surface area (Å²) in [5.74, 6) is 0.228. The summed E-state index contributed by atoms with van der Waals surface area (Å²) in [6, 6.07) is 10.5. The molecule has 0 saturated carbocycles. The lowest BCUT2D eigenvalue weighted by molar-refractivity contribution is -0.127. The fourth-order valence-corrected chi connectivity index (χ4v) is 3.00. The van der Waals surface area contributed by atoms with Gasteiger partial charge < -0.3 is 14.4 Å². The van der Waals surface area contributed by atoms with Crippen LogP contribution in [-0.2, 0) is 4.79 Å². The number of carbonyl (C=O) groups is 2. The summed E-state index contributed by atoms with van der Waals surface area (Å²) < 4.78 is 23.8. The number of rotatable bonds is 6. The molecular weight excluding hydrogens is 351 g/mol. The Morgan fingerprint density at radius 3 is 2.26 bits per heavy atom. The first-order chi connectivity index (χ1) is 13.0. The van der Waals surface area contributed by atoms with Crippen LogP contribution in [0.1, 0.15) is 23.2 Å².